The van der Waals surface area contributed by atoms with Crippen molar-refractivity contribution in [1.82, 2.24) is 4.90 Å². The van der Waals surface area contributed by atoms with Gasteiger partial charge in [-0.25, -0.2) is 4.39 Å². The zero-order valence-electron chi connectivity index (χ0n) is 13.7. The van der Waals surface area contributed by atoms with Gasteiger partial charge in [0.05, 0.1) is 17.7 Å². The normalized spacial score (nSPS) is 20.0. The minimum atomic E-state index is -0.829. The SMILES string of the molecule is N#Cc1c(F)cccc1N1CCN(C(=O)CC2(O)CCCC2)CC1. The lowest BCUT2D eigenvalue weighted by atomic mass is 9.97. The van der Waals surface area contributed by atoms with E-state index < -0.39 is 11.4 Å². The van der Waals surface area contributed by atoms with E-state index in [9.17, 15) is 14.3 Å². The van der Waals surface area contributed by atoms with Gasteiger partial charge in [-0.2, -0.15) is 5.26 Å². The molecule has 2 aliphatic rings. The first-order chi connectivity index (χ1) is 11.5. The van der Waals surface area contributed by atoms with Gasteiger partial charge in [0.2, 0.25) is 5.91 Å². The lowest BCUT2D eigenvalue weighted by Crippen LogP contribution is -2.50. The molecule has 128 valence electrons. The van der Waals surface area contributed by atoms with E-state index in [4.69, 9.17) is 5.26 Å². The second-order valence-electron chi connectivity index (χ2n) is 6.72. The van der Waals surface area contributed by atoms with Crippen molar-refractivity contribution in [3.8, 4) is 6.07 Å². The highest BCUT2D eigenvalue weighted by molar-refractivity contribution is 5.77. The summed E-state index contributed by atoms with van der Waals surface area (Å²) in [7, 11) is 0. The van der Waals surface area contributed by atoms with E-state index in [0.717, 1.165) is 12.8 Å². The van der Waals surface area contributed by atoms with Crippen LogP contribution in [-0.2, 0) is 4.79 Å². The first kappa shape index (κ1) is 16.7. The van der Waals surface area contributed by atoms with Gasteiger partial charge < -0.3 is 14.9 Å². The number of carbonyl (C=O) groups excluding carboxylic acids is 1. The van der Waals surface area contributed by atoms with E-state index in [0.29, 0.717) is 44.7 Å². The van der Waals surface area contributed by atoms with E-state index >= 15 is 0 Å². The summed E-state index contributed by atoms with van der Waals surface area (Å²) < 4.78 is 13.7. The lowest BCUT2D eigenvalue weighted by Gasteiger charge is -2.37. The lowest BCUT2D eigenvalue weighted by molar-refractivity contribution is -0.136. The van der Waals surface area contributed by atoms with Gasteiger partial charge >= 0.3 is 0 Å². The summed E-state index contributed by atoms with van der Waals surface area (Å²) in [5, 5.41) is 19.5. The number of rotatable bonds is 3. The molecule has 6 heteroatoms. The predicted octanol–water partition coefficient (Wildman–Crippen LogP) is 2.04. The molecule has 0 bridgehead atoms. The minimum Gasteiger partial charge on any atom is -0.389 e. The molecule has 0 radical (unpaired) electrons. The third-order valence-electron chi connectivity index (χ3n) is 5.09. The van der Waals surface area contributed by atoms with Gasteiger partial charge in [-0.1, -0.05) is 18.9 Å². The number of carbonyl (C=O) groups is 1. The maximum Gasteiger partial charge on any atom is 0.225 e. The van der Waals surface area contributed by atoms with Crippen molar-refractivity contribution in [2.24, 2.45) is 0 Å². The van der Waals surface area contributed by atoms with E-state index in [1.807, 2.05) is 11.0 Å². The summed E-state index contributed by atoms with van der Waals surface area (Å²) in [5.41, 5.74) is -0.193. The monoisotopic (exact) mass is 331 g/mol. The molecule has 1 aliphatic carbocycles. The van der Waals surface area contributed by atoms with Crippen LogP contribution in [0.5, 0.6) is 0 Å². The van der Waals surface area contributed by atoms with E-state index in [-0.39, 0.29) is 17.9 Å². The number of piperazine rings is 1. The van der Waals surface area contributed by atoms with Crippen LogP contribution in [0, 0.1) is 17.1 Å². The summed E-state index contributed by atoms with van der Waals surface area (Å²) in [6.45, 7) is 2.16. The Bertz CT molecular complexity index is 657. The van der Waals surface area contributed by atoms with Crippen LogP contribution in [0.15, 0.2) is 18.2 Å². The summed E-state index contributed by atoms with van der Waals surface area (Å²) in [6, 6.07) is 6.53. The second-order valence-corrected chi connectivity index (χ2v) is 6.72. The average molecular weight is 331 g/mol. The van der Waals surface area contributed by atoms with Crippen LogP contribution >= 0.6 is 0 Å². The molecule has 1 amide bonds. The van der Waals surface area contributed by atoms with E-state index in [1.54, 1.807) is 17.0 Å². The van der Waals surface area contributed by atoms with Crippen molar-refractivity contribution in [2.75, 3.05) is 31.1 Å². The van der Waals surface area contributed by atoms with Crippen LogP contribution < -0.4 is 4.90 Å². The zero-order valence-corrected chi connectivity index (χ0v) is 13.7. The smallest absolute Gasteiger partial charge is 0.225 e. The molecule has 1 aromatic rings. The largest absolute Gasteiger partial charge is 0.389 e. The van der Waals surface area contributed by atoms with Crippen LogP contribution in [0.3, 0.4) is 0 Å². The molecule has 1 aromatic carbocycles. The number of hydrogen-bond donors (Lipinski definition) is 1. The first-order valence-corrected chi connectivity index (χ1v) is 8.46. The predicted molar refractivity (Wildman–Crippen MR) is 87.9 cm³/mol. The molecule has 2 fully saturated rings. The molecule has 24 heavy (non-hydrogen) atoms. The second kappa shape index (κ2) is 6.78. The summed E-state index contributed by atoms with van der Waals surface area (Å²) >= 11 is 0. The van der Waals surface area contributed by atoms with Gasteiger partial charge in [0, 0.05) is 26.2 Å². The van der Waals surface area contributed by atoms with Crippen LogP contribution in [0.2, 0.25) is 0 Å². The van der Waals surface area contributed by atoms with Crippen LogP contribution in [0.1, 0.15) is 37.7 Å². The van der Waals surface area contributed by atoms with Crippen molar-refractivity contribution < 1.29 is 14.3 Å². The Morgan fingerprint density at radius 2 is 1.92 bits per heavy atom. The zero-order chi connectivity index (χ0) is 17.2. The highest BCUT2D eigenvalue weighted by Crippen LogP contribution is 2.33. The topological polar surface area (TPSA) is 67.6 Å². The Morgan fingerprint density at radius 3 is 2.54 bits per heavy atom. The Kier molecular flexibility index (Phi) is 4.72. The summed E-state index contributed by atoms with van der Waals surface area (Å²) in [4.78, 5) is 16.1. The molecule has 1 saturated heterocycles. The van der Waals surface area contributed by atoms with Crippen molar-refractivity contribution in [2.45, 2.75) is 37.7 Å². The molecule has 1 N–H and O–H groups in total. The number of amides is 1. The number of nitriles is 1. The summed E-state index contributed by atoms with van der Waals surface area (Å²) in [6.07, 6.45) is 3.56. The quantitative estimate of drug-likeness (QED) is 0.920. The molecule has 0 unspecified atom stereocenters. The fraction of sp³-hybridized carbons (Fsp3) is 0.556. The Balaban J connectivity index is 1.61. The molecular formula is C18H22FN3O2. The maximum atomic E-state index is 13.7. The number of nitrogens with zero attached hydrogens (tertiary/aromatic N) is 3. The highest BCUT2D eigenvalue weighted by Gasteiger charge is 2.35. The Labute approximate surface area is 141 Å². The third kappa shape index (κ3) is 3.36. The van der Waals surface area contributed by atoms with Gasteiger partial charge in [-0.15, -0.1) is 0 Å². The average Bonchev–Trinajstić information content (AvgIpc) is 3.01. The standard InChI is InChI=1S/C18H22FN3O2/c19-15-4-3-5-16(14(15)13-20)21-8-10-22(11-9-21)17(23)12-18(24)6-1-2-7-18/h3-5,24H,1-2,6-12H2. The number of benzene rings is 1. The first-order valence-electron chi connectivity index (χ1n) is 8.46. The molecule has 0 atom stereocenters. The van der Waals surface area contributed by atoms with Gasteiger partial charge in [0.25, 0.3) is 0 Å². The third-order valence-corrected chi connectivity index (χ3v) is 5.09. The Morgan fingerprint density at radius 1 is 1.25 bits per heavy atom. The number of anilines is 1. The van der Waals surface area contributed by atoms with Crippen molar-refractivity contribution >= 4 is 11.6 Å². The minimum absolute atomic E-state index is 0.0150. The van der Waals surface area contributed by atoms with E-state index in [2.05, 4.69) is 0 Å². The van der Waals surface area contributed by atoms with Gasteiger partial charge in [-0.3, -0.25) is 4.79 Å². The van der Waals surface area contributed by atoms with Gasteiger partial charge in [0.1, 0.15) is 17.4 Å². The molecule has 1 heterocycles. The van der Waals surface area contributed by atoms with Crippen molar-refractivity contribution in [3.05, 3.63) is 29.6 Å². The summed E-state index contributed by atoms with van der Waals surface area (Å²) in [5.74, 6) is -0.532. The van der Waals surface area contributed by atoms with Crippen molar-refractivity contribution in [3.63, 3.8) is 0 Å². The van der Waals surface area contributed by atoms with Crippen LogP contribution in [-0.4, -0.2) is 47.7 Å². The maximum absolute atomic E-state index is 13.7. The highest BCUT2D eigenvalue weighted by atomic mass is 19.1. The van der Waals surface area contributed by atoms with Crippen LogP contribution in [0.25, 0.3) is 0 Å². The number of hydrogen-bond acceptors (Lipinski definition) is 4. The number of aliphatic hydroxyl groups is 1. The molecule has 1 saturated carbocycles. The molecule has 3 rings (SSSR count). The fourth-order valence-electron chi connectivity index (χ4n) is 3.69. The van der Waals surface area contributed by atoms with Gasteiger partial charge in [0.15, 0.2) is 0 Å². The number of halogens is 1. The van der Waals surface area contributed by atoms with Crippen molar-refractivity contribution in [1.29, 1.82) is 5.26 Å². The molecule has 1 aliphatic heterocycles. The Hall–Kier alpha value is -2.13. The molecule has 5 nitrogen and oxygen atoms in total. The fourth-order valence-corrected chi connectivity index (χ4v) is 3.69. The van der Waals surface area contributed by atoms with Crippen LogP contribution in [0.4, 0.5) is 10.1 Å². The molecule has 0 spiro atoms. The molecule has 0 aromatic heterocycles. The van der Waals surface area contributed by atoms with Gasteiger partial charge in [-0.05, 0) is 25.0 Å². The van der Waals surface area contributed by atoms with E-state index in [1.165, 1.54) is 6.07 Å². The molecular weight excluding hydrogens is 309 g/mol.